The third kappa shape index (κ3) is 2.88. The molecule has 2 N–H and O–H groups in total. The third-order valence-corrected chi connectivity index (χ3v) is 3.68. The molecule has 1 aliphatic heterocycles. The van der Waals surface area contributed by atoms with Gasteiger partial charge in [-0.15, -0.1) is 0 Å². The van der Waals surface area contributed by atoms with E-state index in [-0.39, 0.29) is 12.4 Å². The number of anilines is 1. The van der Waals surface area contributed by atoms with Crippen molar-refractivity contribution >= 4 is 17.5 Å². The summed E-state index contributed by atoms with van der Waals surface area (Å²) in [5.41, 5.74) is -0.407. The summed E-state index contributed by atoms with van der Waals surface area (Å²) in [4.78, 5) is 24.6. The molecule has 6 heteroatoms. The number of halogens is 1. The number of ether oxygens (including phenoxy) is 1. The van der Waals surface area contributed by atoms with Gasteiger partial charge in [0.25, 0.3) is 17.4 Å². The van der Waals surface area contributed by atoms with Crippen molar-refractivity contribution in [3.8, 4) is 5.75 Å². The molecule has 2 aromatic rings. The lowest BCUT2D eigenvalue weighted by Crippen LogP contribution is -2.58. The number of hydrogen-bond acceptors (Lipinski definition) is 3. The molecule has 0 bridgehead atoms. The maximum atomic E-state index is 12.9. The second-order valence-electron chi connectivity index (χ2n) is 5.39. The van der Waals surface area contributed by atoms with Crippen molar-refractivity contribution in [3.63, 3.8) is 0 Å². The molecule has 1 heterocycles. The normalized spacial score (nSPS) is 19.3. The van der Waals surface area contributed by atoms with E-state index in [4.69, 9.17) is 4.74 Å². The zero-order valence-corrected chi connectivity index (χ0v) is 12.4. The van der Waals surface area contributed by atoms with Gasteiger partial charge >= 0.3 is 0 Å². The van der Waals surface area contributed by atoms with E-state index in [1.165, 1.54) is 19.1 Å². The summed E-state index contributed by atoms with van der Waals surface area (Å²) in [6, 6.07) is 12.6. The molecule has 0 spiro atoms. The Bertz CT molecular complexity index is 761. The number of carbonyl (C=O) groups is 2. The van der Waals surface area contributed by atoms with Crippen LogP contribution >= 0.6 is 0 Å². The maximum absolute atomic E-state index is 12.9. The van der Waals surface area contributed by atoms with E-state index >= 15 is 0 Å². The van der Waals surface area contributed by atoms with Crippen LogP contribution in [0, 0.1) is 5.82 Å². The monoisotopic (exact) mass is 314 g/mol. The highest BCUT2D eigenvalue weighted by Crippen LogP contribution is 2.33. The molecule has 118 valence electrons. The Morgan fingerprint density at radius 1 is 1.22 bits per heavy atom. The number of para-hydroxylation sites is 2. The van der Waals surface area contributed by atoms with Crippen LogP contribution in [0.15, 0.2) is 48.5 Å². The lowest BCUT2D eigenvalue weighted by atomic mass is 10.0. The van der Waals surface area contributed by atoms with E-state index < -0.39 is 17.4 Å². The first-order valence-electron chi connectivity index (χ1n) is 7.11. The molecule has 23 heavy (non-hydrogen) atoms. The smallest absolute Gasteiger partial charge is 0.278 e. The lowest BCUT2D eigenvalue weighted by molar-refractivity contribution is -0.146. The fourth-order valence-corrected chi connectivity index (χ4v) is 2.27. The zero-order valence-electron chi connectivity index (χ0n) is 12.4. The molecule has 0 aliphatic carbocycles. The number of hydrogen-bond donors (Lipinski definition) is 2. The fourth-order valence-electron chi connectivity index (χ4n) is 2.27. The first-order valence-corrected chi connectivity index (χ1v) is 7.11. The van der Waals surface area contributed by atoms with Gasteiger partial charge in [0, 0.05) is 6.54 Å². The molecule has 1 atom stereocenters. The van der Waals surface area contributed by atoms with Crippen LogP contribution in [0.25, 0.3) is 0 Å². The predicted octanol–water partition coefficient (Wildman–Crippen LogP) is 2.23. The van der Waals surface area contributed by atoms with Gasteiger partial charge in [-0.2, -0.15) is 0 Å². The van der Waals surface area contributed by atoms with Crippen molar-refractivity contribution in [3.05, 3.63) is 59.9 Å². The van der Waals surface area contributed by atoms with Crippen LogP contribution in [0.5, 0.6) is 5.75 Å². The number of carbonyl (C=O) groups excluding carboxylic acids is 2. The van der Waals surface area contributed by atoms with Crippen LogP contribution in [0.1, 0.15) is 12.5 Å². The molecule has 0 fully saturated rings. The summed E-state index contributed by atoms with van der Waals surface area (Å²) in [5, 5.41) is 5.31. The Morgan fingerprint density at radius 2 is 1.91 bits per heavy atom. The van der Waals surface area contributed by atoms with E-state index in [2.05, 4.69) is 10.6 Å². The largest absolute Gasteiger partial charge is 0.466 e. The second kappa shape index (κ2) is 5.72. The quantitative estimate of drug-likeness (QED) is 0.854. The standard InChI is InChI=1S/C17H15FN2O3/c1-17(15(21)19-10-11-6-8-12(18)9-7-11)16(22)20-13-4-2-3-5-14(13)23-17/h2-9H,10H2,1H3,(H,19,21)(H,20,22)/t17-/m1/s1. The second-order valence-corrected chi connectivity index (χ2v) is 5.39. The first kappa shape index (κ1) is 15.0. The van der Waals surface area contributed by atoms with Gasteiger partial charge < -0.3 is 15.4 Å². The van der Waals surface area contributed by atoms with E-state index in [9.17, 15) is 14.0 Å². The Hall–Kier alpha value is -2.89. The van der Waals surface area contributed by atoms with Crippen molar-refractivity contribution < 1.29 is 18.7 Å². The van der Waals surface area contributed by atoms with Gasteiger partial charge in [0.05, 0.1) is 5.69 Å². The first-order chi connectivity index (χ1) is 11.0. The van der Waals surface area contributed by atoms with Crippen LogP contribution in [0.3, 0.4) is 0 Å². The molecule has 1 aliphatic rings. The van der Waals surface area contributed by atoms with Crippen LogP contribution < -0.4 is 15.4 Å². The van der Waals surface area contributed by atoms with Gasteiger partial charge in [-0.05, 0) is 36.8 Å². The number of fused-ring (bicyclic) bond motifs is 1. The summed E-state index contributed by atoms with van der Waals surface area (Å²) in [6.07, 6.45) is 0. The third-order valence-electron chi connectivity index (χ3n) is 3.68. The van der Waals surface area contributed by atoms with Gasteiger partial charge in [0.1, 0.15) is 11.6 Å². The van der Waals surface area contributed by atoms with Crippen LogP contribution in [0.4, 0.5) is 10.1 Å². The SMILES string of the molecule is C[C@]1(C(=O)NCc2ccc(F)cc2)Oc2ccccc2NC1=O. The van der Waals surface area contributed by atoms with Gasteiger partial charge in [0.2, 0.25) is 0 Å². The predicted molar refractivity (Wildman–Crippen MR) is 82.4 cm³/mol. The highest BCUT2D eigenvalue weighted by Gasteiger charge is 2.47. The number of nitrogens with one attached hydrogen (secondary N) is 2. The summed E-state index contributed by atoms with van der Waals surface area (Å²) in [5.74, 6) is -1.01. The van der Waals surface area contributed by atoms with Gasteiger partial charge in [0.15, 0.2) is 0 Å². The average Bonchev–Trinajstić information content (AvgIpc) is 2.55. The van der Waals surface area contributed by atoms with E-state index in [1.54, 1.807) is 36.4 Å². The molecule has 0 aromatic heterocycles. The molecule has 2 aromatic carbocycles. The van der Waals surface area contributed by atoms with E-state index in [1.807, 2.05) is 0 Å². The zero-order chi connectivity index (χ0) is 16.4. The fraction of sp³-hybridized carbons (Fsp3) is 0.176. The summed E-state index contributed by atoms with van der Waals surface area (Å²) in [6.45, 7) is 1.59. The molecule has 5 nitrogen and oxygen atoms in total. The molecular formula is C17H15FN2O3. The number of benzene rings is 2. The highest BCUT2D eigenvalue weighted by molar-refractivity contribution is 6.15. The van der Waals surface area contributed by atoms with Crippen molar-refractivity contribution in [2.75, 3.05) is 5.32 Å². The van der Waals surface area contributed by atoms with Gasteiger partial charge in [-0.25, -0.2) is 4.39 Å². The minimum Gasteiger partial charge on any atom is -0.466 e. The van der Waals surface area contributed by atoms with Crippen LogP contribution in [0.2, 0.25) is 0 Å². The summed E-state index contributed by atoms with van der Waals surface area (Å²) < 4.78 is 18.5. The maximum Gasteiger partial charge on any atom is 0.278 e. The van der Waals surface area contributed by atoms with Crippen molar-refractivity contribution in [1.29, 1.82) is 0 Å². The summed E-state index contributed by atoms with van der Waals surface area (Å²) >= 11 is 0. The lowest BCUT2D eigenvalue weighted by Gasteiger charge is -2.33. The molecule has 0 unspecified atom stereocenters. The number of rotatable bonds is 3. The minimum atomic E-state index is -1.66. The Balaban J connectivity index is 1.73. The molecule has 2 amide bonds. The van der Waals surface area contributed by atoms with Crippen molar-refractivity contribution in [1.82, 2.24) is 5.32 Å². The van der Waals surface area contributed by atoms with Crippen LogP contribution in [-0.2, 0) is 16.1 Å². The Kier molecular flexibility index (Phi) is 3.73. The minimum absolute atomic E-state index is 0.174. The van der Waals surface area contributed by atoms with Crippen molar-refractivity contribution in [2.45, 2.75) is 19.1 Å². The van der Waals surface area contributed by atoms with Gasteiger partial charge in [-0.1, -0.05) is 24.3 Å². The molecule has 0 radical (unpaired) electrons. The van der Waals surface area contributed by atoms with E-state index in [0.717, 1.165) is 5.56 Å². The molecular weight excluding hydrogens is 299 g/mol. The molecule has 0 saturated heterocycles. The summed E-state index contributed by atoms with van der Waals surface area (Å²) in [7, 11) is 0. The van der Waals surface area contributed by atoms with Crippen LogP contribution in [-0.4, -0.2) is 17.4 Å². The molecule has 0 saturated carbocycles. The topological polar surface area (TPSA) is 67.4 Å². The Labute approximate surface area is 132 Å². The Morgan fingerprint density at radius 3 is 2.65 bits per heavy atom. The number of amides is 2. The average molecular weight is 314 g/mol. The van der Waals surface area contributed by atoms with Gasteiger partial charge in [-0.3, -0.25) is 9.59 Å². The highest BCUT2D eigenvalue weighted by atomic mass is 19.1. The van der Waals surface area contributed by atoms with E-state index in [0.29, 0.717) is 11.4 Å². The molecule has 3 rings (SSSR count). The van der Waals surface area contributed by atoms with Crippen molar-refractivity contribution in [2.24, 2.45) is 0 Å².